The monoisotopic (exact) mass is 265 g/mol. The standard InChI is InChI=1S/C13H12FNO2S/c14-10-5-11(15)7-13(6-10)18(17)8-9-1-3-12(16)4-2-9/h1-7,16H,8,15H2. The number of anilines is 1. The molecule has 94 valence electrons. The summed E-state index contributed by atoms with van der Waals surface area (Å²) in [4.78, 5) is 0.362. The van der Waals surface area contributed by atoms with Crippen LogP contribution in [0.15, 0.2) is 47.4 Å². The summed E-state index contributed by atoms with van der Waals surface area (Å²) in [5.41, 5.74) is 6.56. The van der Waals surface area contributed by atoms with E-state index in [1.54, 1.807) is 12.1 Å². The van der Waals surface area contributed by atoms with Crippen molar-refractivity contribution in [1.29, 1.82) is 0 Å². The Kier molecular flexibility index (Phi) is 3.62. The van der Waals surface area contributed by atoms with Crippen LogP contribution in [0, 0.1) is 5.82 Å². The zero-order chi connectivity index (χ0) is 13.1. The molecule has 0 saturated carbocycles. The SMILES string of the molecule is Nc1cc(F)cc(S(=O)Cc2ccc(O)cc2)c1. The topological polar surface area (TPSA) is 63.3 Å². The van der Waals surface area contributed by atoms with E-state index in [0.29, 0.717) is 4.90 Å². The molecule has 0 saturated heterocycles. The third kappa shape index (κ3) is 3.07. The molecule has 5 heteroatoms. The maximum atomic E-state index is 13.1. The van der Waals surface area contributed by atoms with Crippen LogP contribution >= 0.6 is 0 Å². The molecule has 2 aromatic rings. The third-order valence-corrected chi connectivity index (χ3v) is 3.75. The highest BCUT2D eigenvalue weighted by Crippen LogP contribution is 2.18. The molecular weight excluding hydrogens is 253 g/mol. The second kappa shape index (κ2) is 5.18. The molecular formula is C13H12FNO2S. The van der Waals surface area contributed by atoms with Gasteiger partial charge in [0.15, 0.2) is 0 Å². The van der Waals surface area contributed by atoms with Gasteiger partial charge in [0.25, 0.3) is 0 Å². The lowest BCUT2D eigenvalue weighted by atomic mass is 10.2. The Morgan fingerprint density at radius 2 is 1.83 bits per heavy atom. The molecule has 0 aliphatic rings. The van der Waals surface area contributed by atoms with Crippen molar-refractivity contribution in [3.05, 3.63) is 53.8 Å². The van der Waals surface area contributed by atoms with Gasteiger partial charge in [-0.05, 0) is 35.9 Å². The van der Waals surface area contributed by atoms with E-state index in [2.05, 4.69) is 0 Å². The maximum absolute atomic E-state index is 13.1. The predicted molar refractivity (Wildman–Crippen MR) is 69.0 cm³/mol. The lowest BCUT2D eigenvalue weighted by Gasteiger charge is -2.04. The summed E-state index contributed by atoms with van der Waals surface area (Å²) in [6, 6.07) is 10.3. The van der Waals surface area contributed by atoms with Crippen molar-refractivity contribution in [2.24, 2.45) is 0 Å². The fraction of sp³-hybridized carbons (Fsp3) is 0.0769. The highest BCUT2D eigenvalue weighted by atomic mass is 32.2. The van der Waals surface area contributed by atoms with E-state index in [-0.39, 0.29) is 17.2 Å². The van der Waals surface area contributed by atoms with Crippen LogP contribution in [0.1, 0.15) is 5.56 Å². The van der Waals surface area contributed by atoms with Crippen LogP contribution in [-0.4, -0.2) is 9.32 Å². The number of nitrogen functional groups attached to an aromatic ring is 1. The number of phenols is 1. The first-order valence-electron chi connectivity index (χ1n) is 5.27. The Morgan fingerprint density at radius 3 is 2.44 bits per heavy atom. The minimum Gasteiger partial charge on any atom is -0.508 e. The minimum absolute atomic E-state index is 0.152. The summed E-state index contributed by atoms with van der Waals surface area (Å²) < 4.78 is 25.2. The van der Waals surface area contributed by atoms with Crippen LogP contribution in [0.5, 0.6) is 5.75 Å². The number of nitrogens with two attached hydrogens (primary N) is 1. The Labute approximate surface area is 107 Å². The quantitative estimate of drug-likeness (QED) is 0.838. The summed E-state index contributed by atoms with van der Waals surface area (Å²) in [7, 11) is -1.36. The number of hydrogen-bond donors (Lipinski definition) is 2. The third-order valence-electron chi connectivity index (χ3n) is 2.39. The van der Waals surface area contributed by atoms with Crippen LogP contribution < -0.4 is 5.73 Å². The molecule has 0 aromatic heterocycles. The van der Waals surface area contributed by atoms with Gasteiger partial charge in [-0.2, -0.15) is 0 Å². The second-order valence-corrected chi connectivity index (χ2v) is 5.33. The first kappa shape index (κ1) is 12.6. The summed E-state index contributed by atoms with van der Waals surface area (Å²) in [5.74, 6) is -0.0908. The predicted octanol–water partition coefficient (Wildman–Crippen LogP) is 2.42. The van der Waals surface area contributed by atoms with Crippen molar-refractivity contribution in [3.63, 3.8) is 0 Å². The van der Waals surface area contributed by atoms with E-state index in [4.69, 9.17) is 10.8 Å². The molecule has 2 rings (SSSR count). The fourth-order valence-corrected chi connectivity index (χ4v) is 2.72. The summed E-state index contributed by atoms with van der Waals surface area (Å²) in [6.45, 7) is 0. The van der Waals surface area contributed by atoms with Gasteiger partial charge in [-0.25, -0.2) is 4.39 Å². The minimum atomic E-state index is -1.36. The first-order chi connectivity index (χ1) is 8.54. The molecule has 0 aliphatic heterocycles. The number of halogens is 1. The van der Waals surface area contributed by atoms with Crippen LogP contribution in [0.25, 0.3) is 0 Å². The first-order valence-corrected chi connectivity index (χ1v) is 6.59. The summed E-state index contributed by atoms with van der Waals surface area (Å²) in [6.07, 6.45) is 0. The Morgan fingerprint density at radius 1 is 1.17 bits per heavy atom. The van der Waals surface area contributed by atoms with Crippen molar-refractivity contribution in [3.8, 4) is 5.75 Å². The lowest BCUT2D eigenvalue weighted by molar-refractivity contribution is 0.475. The second-order valence-electron chi connectivity index (χ2n) is 3.88. The molecule has 0 aliphatic carbocycles. The van der Waals surface area contributed by atoms with Gasteiger partial charge in [-0.1, -0.05) is 12.1 Å². The highest BCUT2D eigenvalue weighted by molar-refractivity contribution is 7.84. The molecule has 1 atom stereocenters. The van der Waals surface area contributed by atoms with Crippen LogP contribution in [-0.2, 0) is 16.6 Å². The average Bonchev–Trinajstić information content (AvgIpc) is 2.31. The largest absolute Gasteiger partial charge is 0.508 e. The molecule has 0 amide bonds. The average molecular weight is 265 g/mol. The van der Waals surface area contributed by atoms with E-state index in [1.807, 2.05) is 0 Å². The molecule has 0 heterocycles. The summed E-state index contributed by atoms with van der Waals surface area (Å²) in [5, 5.41) is 9.14. The fourth-order valence-electron chi connectivity index (χ4n) is 1.54. The van der Waals surface area contributed by atoms with E-state index >= 15 is 0 Å². The van der Waals surface area contributed by atoms with Gasteiger partial charge in [0.1, 0.15) is 11.6 Å². The Hall–Kier alpha value is -1.88. The smallest absolute Gasteiger partial charge is 0.126 e. The number of phenolic OH excluding ortho intramolecular Hbond substituents is 1. The van der Waals surface area contributed by atoms with E-state index < -0.39 is 16.6 Å². The van der Waals surface area contributed by atoms with Gasteiger partial charge in [0.05, 0.1) is 16.6 Å². The van der Waals surface area contributed by atoms with Gasteiger partial charge in [0, 0.05) is 10.6 Å². The van der Waals surface area contributed by atoms with Gasteiger partial charge in [-0.3, -0.25) is 4.21 Å². The summed E-state index contributed by atoms with van der Waals surface area (Å²) >= 11 is 0. The van der Waals surface area contributed by atoms with Crippen molar-refractivity contribution in [2.45, 2.75) is 10.6 Å². The van der Waals surface area contributed by atoms with Crippen LogP contribution in [0.4, 0.5) is 10.1 Å². The lowest BCUT2D eigenvalue weighted by Crippen LogP contribution is -1.98. The molecule has 3 N–H and O–H groups in total. The number of aromatic hydroxyl groups is 1. The zero-order valence-electron chi connectivity index (χ0n) is 9.47. The van der Waals surface area contributed by atoms with E-state index in [9.17, 15) is 8.60 Å². The van der Waals surface area contributed by atoms with Crippen molar-refractivity contribution >= 4 is 16.5 Å². The number of rotatable bonds is 3. The van der Waals surface area contributed by atoms with Gasteiger partial charge in [-0.15, -0.1) is 0 Å². The molecule has 3 nitrogen and oxygen atoms in total. The Bertz CT molecular complexity index is 564. The maximum Gasteiger partial charge on any atom is 0.126 e. The highest BCUT2D eigenvalue weighted by Gasteiger charge is 2.08. The van der Waals surface area contributed by atoms with Crippen LogP contribution in [0.3, 0.4) is 0 Å². The van der Waals surface area contributed by atoms with E-state index in [0.717, 1.165) is 5.56 Å². The Balaban J connectivity index is 2.19. The normalized spacial score (nSPS) is 12.3. The molecule has 0 fully saturated rings. The van der Waals surface area contributed by atoms with Crippen molar-refractivity contribution < 1.29 is 13.7 Å². The van der Waals surface area contributed by atoms with E-state index in [1.165, 1.54) is 30.3 Å². The van der Waals surface area contributed by atoms with Gasteiger partial charge in [0.2, 0.25) is 0 Å². The molecule has 0 radical (unpaired) electrons. The molecule has 0 bridgehead atoms. The molecule has 0 spiro atoms. The molecule has 2 aromatic carbocycles. The van der Waals surface area contributed by atoms with Gasteiger partial charge >= 0.3 is 0 Å². The number of benzene rings is 2. The zero-order valence-corrected chi connectivity index (χ0v) is 10.3. The van der Waals surface area contributed by atoms with Gasteiger partial charge < -0.3 is 10.8 Å². The van der Waals surface area contributed by atoms with Crippen LogP contribution in [0.2, 0.25) is 0 Å². The molecule has 1 unspecified atom stereocenters. The number of hydrogen-bond acceptors (Lipinski definition) is 3. The molecule has 18 heavy (non-hydrogen) atoms. The van der Waals surface area contributed by atoms with Crippen molar-refractivity contribution in [1.82, 2.24) is 0 Å². The van der Waals surface area contributed by atoms with Crippen molar-refractivity contribution in [2.75, 3.05) is 5.73 Å².